The van der Waals surface area contributed by atoms with Crippen LogP contribution in [0.5, 0.6) is 0 Å². The molecule has 0 aromatic carbocycles. The molecule has 0 saturated heterocycles. The number of anilines is 2. The Bertz CT molecular complexity index is 1100. The number of nitrogens with one attached hydrogen (secondary N) is 1. The lowest BCUT2D eigenvalue weighted by atomic mass is 9.77. The number of fused-ring (bicyclic) bond motifs is 3. The SMILES string of the molecule is O=S1c2c(NC3(CO)CCC3)nc(N3CC=C(c4ncc(Cl)cn4)CC3)nc2C2CC21. The van der Waals surface area contributed by atoms with Gasteiger partial charge in [-0.25, -0.2) is 15.0 Å². The molecule has 0 amide bonds. The standard InChI is InChI=1S/C21H23ClN6O2S/c22-13-9-23-18(24-10-13)12-2-6-28(7-3-12)20-25-16-14-8-15(14)31(30)17(16)19(26-20)27-21(11-29)4-1-5-21/h2,9-10,14-15,29H,1,3-8,11H2,(H,25,26,27). The average Bonchev–Trinajstić information content (AvgIpc) is 3.52. The van der Waals surface area contributed by atoms with E-state index in [1.807, 2.05) is 0 Å². The van der Waals surface area contributed by atoms with Crippen LogP contribution in [-0.2, 0) is 10.8 Å². The van der Waals surface area contributed by atoms with Gasteiger partial charge >= 0.3 is 0 Å². The van der Waals surface area contributed by atoms with Crippen LogP contribution in [0.15, 0.2) is 23.4 Å². The molecule has 4 heterocycles. The maximum absolute atomic E-state index is 12.9. The second-order valence-corrected chi connectivity index (χ2v) is 10.9. The molecule has 8 nitrogen and oxygen atoms in total. The van der Waals surface area contributed by atoms with Gasteiger partial charge in [0.05, 0.1) is 33.7 Å². The summed E-state index contributed by atoms with van der Waals surface area (Å²) >= 11 is 5.90. The highest BCUT2D eigenvalue weighted by Crippen LogP contribution is 2.56. The van der Waals surface area contributed by atoms with Crippen LogP contribution in [0.1, 0.15) is 49.5 Å². The second kappa shape index (κ2) is 7.21. The molecule has 2 saturated carbocycles. The molecule has 4 aliphatic rings. The minimum Gasteiger partial charge on any atom is -0.394 e. The molecule has 2 fully saturated rings. The lowest BCUT2D eigenvalue weighted by Gasteiger charge is -2.41. The molecule has 6 rings (SSSR count). The Morgan fingerprint density at radius 1 is 1.29 bits per heavy atom. The van der Waals surface area contributed by atoms with Gasteiger partial charge in [-0.2, -0.15) is 4.98 Å². The average molecular weight is 459 g/mol. The summed E-state index contributed by atoms with van der Waals surface area (Å²) in [6.07, 6.45) is 9.93. The van der Waals surface area contributed by atoms with Crippen molar-refractivity contribution < 1.29 is 9.32 Å². The van der Waals surface area contributed by atoms with E-state index < -0.39 is 10.8 Å². The van der Waals surface area contributed by atoms with Crippen LogP contribution in [0.2, 0.25) is 5.02 Å². The van der Waals surface area contributed by atoms with Gasteiger partial charge < -0.3 is 15.3 Å². The predicted octanol–water partition coefficient (Wildman–Crippen LogP) is 2.52. The number of halogens is 1. The van der Waals surface area contributed by atoms with Crippen molar-refractivity contribution >= 4 is 39.7 Å². The van der Waals surface area contributed by atoms with E-state index in [0.717, 1.165) is 54.8 Å². The van der Waals surface area contributed by atoms with Gasteiger partial charge in [-0.1, -0.05) is 17.7 Å². The number of aliphatic hydroxyl groups is 1. The zero-order valence-corrected chi connectivity index (χ0v) is 18.5. The van der Waals surface area contributed by atoms with Gasteiger partial charge in [0, 0.05) is 36.7 Å². The number of hydrogen-bond donors (Lipinski definition) is 2. The number of nitrogens with zero attached hydrogens (tertiary/aromatic N) is 5. The summed E-state index contributed by atoms with van der Waals surface area (Å²) < 4.78 is 12.9. The van der Waals surface area contributed by atoms with Crippen LogP contribution >= 0.6 is 11.6 Å². The molecule has 10 heteroatoms. The Kier molecular flexibility index (Phi) is 4.56. The molecular formula is C21H23ClN6O2S. The van der Waals surface area contributed by atoms with E-state index in [9.17, 15) is 9.32 Å². The first-order chi connectivity index (χ1) is 15.1. The predicted molar refractivity (Wildman–Crippen MR) is 119 cm³/mol. The van der Waals surface area contributed by atoms with E-state index in [1.165, 1.54) is 0 Å². The number of rotatable bonds is 5. The quantitative estimate of drug-likeness (QED) is 0.704. The summed E-state index contributed by atoms with van der Waals surface area (Å²) in [5.74, 6) is 2.29. The molecule has 2 aromatic rings. The Hall–Kier alpha value is -2.10. The molecule has 2 N–H and O–H groups in total. The molecule has 31 heavy (non-hydrogen) atoms. The van der Waals surface area contributed by atoms with Gasteiger partial charge in [-0.05, 0) is 37.7 Å². The van der Waals surface area contributed by atoms with Crippen LogP contribution in [0.25, 0.3) is 5.57 Å². The first kappa shape index (κ1) is 19.6. The summed E-state index contributed by atoms with van der Waals surface area (Å²) in [7, 11) is -1.07. The third-order valence-corrected chi connectivity index (χ3v) is 8.91. The molecule has 2 aliphatic heterocycles. The van der Waals surface area contributed by atoms with Crippen molar-refractivity contribution in [1.82, 2.24) is 19.9 Å². The highest BCUT2D eigenvalue weighted by molar-refractivity contribution is 7.86. The van der Waals surface area contributed by atoms with Crippen molar-refractivity contribution in [3.8, 4) is 0 Å². The Morgan fingerprint density at radius 3 is 2.74 bits per heavy atom. The van der Waals surface area contributed by atoms with Gasteiger partial charge in [0.15, 0.2) is 5.82 Å². The van der Waals surface area contributed by atoms with Gasteiger partial charge in [0.2, 0.25) is 5.95 Å². The zero-order chi connectivity index (χ0) is 21.2. The monoisotopic (exact) mass is 458 g/mol. The van der Waals surface area contributed by atoms with E-state index in [0.29, 0.717) is 29.2 Å². The van der Waals surface area contributed by atoms with Crippen molar-refractivity contribution in [2.45, 2.75) is 53.7 Å². The fraction of sp³-hybridized carbons (Fsp3) is 0.524. The molecule has 0 radical (unpaired) electrons. The smallest absolute Gasteiger partial charge is 0.227 e. The molecule has 3 atom stereocenters. The molecule has 2 aromatic heterocycles. The summed E-state index contributed by atoms with van der Waals surface area (Å²) in [5, 5.41) is 14.1. The van der Waals surface area contributed by atoms with E-state index in [4.69, 9.17) is 21.6 Å². The van der Waals surface area contributed by atoms with Crippen LogP contribution < -0.4 is 10.2 Å². The number of aliphatic hydroxyl groups excluding tert-OH is 1. The summed E-state index contributed by atoms with van der Waals surface area (Å²) in [6.45, 7) is 1.46. The maximum atomic E-state index is 12.9. The van der Waals surface area contributed by atoms with Crippen molar-refractivity contribution in [1.29, 1.82) is 0 Å². The molecular weight excluding hydrogens is 436 g/mol. The lowest BCUT2D eigenvalue weighted by molar-refractivity contribution is 0.143. The van der Waals surface area contributed by atoms with Crippen molar-refractivity contribution in [2.75, 3.05) is 29.9 Å². The molecule has 3 unspecified atom stereocenters. The summed E-state index contributed by atoms with van der Waals surface area (Å²) in [5.41, 5.74) is 1.67. The normalized spacial score (nSPS) is 27.7. The van der Waals surface area contributed by atoms with Gasteiger partial charge in [0.1, 0.15) is 10.7 Å². The summed E-state index contributed by atoms with van der Waals surface area (Å²) in [4.78, 5) is 21.2. The summed E-state index contributed by atoms with van der Waals surface area (Å²) in [6, 6.07) is 0. The van der Waals surface area contributed by atoms with Crippen LogP contribution in [0.3, 0.4) is 0 Å². The number of aromatic nitrogens is 4. The minimum atomic E-state index is -1.07. The fourth-order valence-electron chi connectivity index (χ4n) is 4.69. The third kappa shape index (κ3) is 3.25. The van der Waals surface area contributed by atoms with Crippen LogP contribution in [0, 0.1) is 0 Å². The van der Waals surface area contributed by atoms with Crippen molar-refractivity contribution in [3.63, 3.8) is 0 Å². The fourth-order valence-corrected chi connectivity index (χ4v) is 6.59. The molecule has 2 aliphatic carbocycles. The highest BCUT2D eigenvalue weighted by atomic mass is 35.5. The topological polar surface area (TPSA) is 104 Å². The molecule has 162 valence electrons. The van der Waals surface area contributed by atoms with Crippen molar-refractivity contribution in [2.24, 2.45) is 0 Å². The van der Waals surface area contributed by atoms with Crippen LogP contribution in [-0.4, -0.2) is 59.7 Å². The second-order valence-electron chi connectivity index (χ2n) is 8.83. The number of hydrogen-bond acceptors (Lipinski definition) is 8. The highest BCUT2D eigenvalue weighted by Gasteiger charge is 2.54. The van der Waals surface area contributed by atoms with Gasteiger partial charge in [0.25, 0.3) is 0 Å². The minimum absolute atomic E-state index is 0.0531. The van der Waals surface area contributed by atoms with Gasteiger partial charge in [-0.15, -0.1) is 0 Å². The van der Waals surface area contributed by atoms with Crippen molar-refractivity contribution in [3.05, 3.63) is 35.0 Å². The molecule has 0 spiro atoms. The first-order valence-corrected chi connectivity index (χ1v) is 12.3. The largest absolute Gasteiger partial charge is 0.394 e. The van der Waals surface area contributed by atoms with E-state index in [-0.39, 0.29) is 23.3 Å². The third-order valence-electron chi connectivity index (χ3n) is 6.84. The van der Waals surface area contributed by atoms with E-state index in [2.05, 4.69) is 26.3 Å². The maximum Gasteiger partial charge on any atom is 0.227 e. The Morgan fingerprint density at radius 2 is 2.10 bits per heavy atom. The zero-order valence-electron chi connectivity index (χ0n) is 16.9. The first-order valence-electron chi connectivity index (χ1n) is 10.7. The molecule has 0 bridgehead atoms. The van der Waals surface area contributed by atoms with E-state index >= 15 is 0 Å². The van der Waals surface area contributed by atoms with Crippen LogP contribution in [0.4, 0.5) is 11.8 Å². The Labute approximate surface area is 187 Å². The Balaban J connectivity index is 1.31. The van der Waals surface area contributed by atoms with E-state index in [1.54, 1.807) is 12.4 Å². The lowest BCUT2D eigenvalue weighted by Crippen LogP contribution is -2.49. The van der Waals surface area contributed by atoms with Gasteiger partial charge in [-0.3, -0.25) is 4.21 Å².